The van der Waals surface area contributed by atoms with Crippen molar-refractivity contribution in [2.45, 2.75) is 55.4 Å². The Bertz CT molecular complexity index is 3710. The summed E-state index contributed by atoms with van der Waals surface area (Å²) in [7, 11) is 0. The van der Waals surface area contributed by atoms with Gasteiger partial charge < -0.3 is 4.74 Å². The quantitative estimate of drug-likeness (QED) is 0.156. The van der Waals surface area contributed by atoms with Crippen LogP contribution >= 0.6 is 0 Å². The minimum Gasteiger partial charge on any atom is -0.457 e. The molecule has 0 aliphatic heterocycles. The van der Waals surface area contributed by atoms with E-state index in [1.54, 1.807) is 0 Å². The highest BCUT2D eigenvalue weighted by molar-refractivity contribution is 6.22. The summed E-state index contributed by atoms with van der Waals surface area (Å²) in [6, 6.07) is 48.7. The second kappa shape index (κ2) is 15.3. The topological polar surface area (TPSA) is 43.8 Å². The second-order valence-electron chi connectivity index (χ2n) is 18.6. The molecule has 5 heteroatoms. The summed E-state index contributed by atoms with van der Waals surface area (Å²) in [5, 5.41) is 6.72. The summed E-state index contributed by atoms with van der Waals surface area (Å²) < 4.78 is 11.4. The Hall–Kier alpha value is -8.02. The molecule has 12 rings (SSSR count). The molecule has 0 saturated heterocycles. The molecule has 0 spiro atoms. The Labute approximate surface area is 390 Å². The van der Waals surface area contributed by atoms with Gasteiger partial charge in [-0.15, -0.1) is 0 Å². The van der Waals surface area contributed by atoms with Crippen LogP contribution in [0.15, 0.2) is 158 Å². The molecule has 4 aromatic heterocycles. The maximum Gasteiger partial charge on any atom is 0.145 e. The molecule has 0 saturated carbocycles. The zero-order valence-electron chi connectivity index (χ0n) is 39.2. The van der Waals surface area contributed by atoms with Crippen molar-refractivity contribution in [2.75, 3.05) is 0 Å². The summed E-state index contributed by atoms with van der Waals surface area (Å²) in [4.78, 5) is 9.94. The van der Waals surface area contributed by atoms with E-state index in [9.17, 15) is 0 Å². The lowest BCUT2D eigenvalue weighted by Crippen LogP contribution is -2.00. The fraction of sp³-hybridized carbons (Fsp3) is 0.129. The summed E-state index contributed by atoms with van der Waals surface area (Å²) in [6.45, 7) is 17.8. The fourth-order valence-electron chi connectivity index (χ4n) is 11.5. The first-order valence-electron chi connectivity index (χ1n) is 23.2. The van der Waals surface area contributed by atoms with Gasteiger partial charge >= 0.3 is 0 Å². The number of nitrogens with zero attached hydrogens (tertiary/aromatic N) is 4. The predicted octanol–water partition coefficient (Wildman–Crippen LogP) is 16.5. The van der Waals surface area contributed by atoms with Crippen LogP contribution in [0.4, 0.5) is 0 Å². The van der Waals surface area contributed by atoms with Gasteiger partial charge in [0.25, 0.3) is 0 Å². The monoisotopic (exact) mass is 866 g/mol. The number of aromatic nitrogens is 4. The Balaban J connectivity index is 1.09. The average molecular weight is 867 g/mol. The number of hydrogen-bond donors (Lipinski definition) is 0. The first-order valence-corrected chi connectivity index (χ1v) is 23.2. The van der Waals surface area contributed by atoms with Crippen LogP contribution in [-0.2, 0) is 0 Å². The first-order chi connectivity index (χ1) is 32.6. The highest BCUT2D eigenvalue weighted by atomic mass is 16.5. The van der Waals surface area contributed by atoms with Crippen molar-refractivity contribution in [2.24, 2.45) is 0 Å². The average Bonchev–Trinajstić information content (AvgIpc) is 4.02. The maximum atomic E-state index is 6.95. The Morgan fingerprint density at radius 3 is 1.04 bits per heavy atom. The Morgan fingerprint density at radius 2 is 0.687 bits per heavy atom. The number of hydrogen-bond acceptors (Lipinski definition) is 3. The number of imidazole rings is 2. The van der Waals surface area contributed by atoms with Crippen LogP contribution in [0.1, 0.15) is 44.5 Å². The predicted molar refractivity (Wildman–Crippen MR) is 280 cm³/mol. The number of rotatable bonds is 6. The molecule has 4 heterocycles. The van der Waals surface area contributed by atoms with E-state index in [4.69, 9.17) is 14.7 Å². The van der Waals surface area contributed by atoms with Gasteiger partial charge in [0.05, 0.1) is 11.0 Å². The normalized spacial score (nSPS) is 11.9. The third-order valence-corrected chi connectivity index (χ3v) is 14.4. The van der Waals surface area contributed by atoms with Crippen LogP contribution in [0.2, 0.25) is 0 Å². The minimum absolute atomic E-state index is 0.740. The molecular weight excluding hydrogens is 817 g/mol. The molecule has 5 nitrogen and oxygen atoms in total. The van der Waals surface area contributed by atoms with Crippen LogP contribution in [0.25, 0.3) is 99.2 Å². The number of ether oxygens (including phenoxy) is 1. The summed E-state index contributed by atoms with van der Waals surface area (Å²) in [6.07, 6.45) is 7.98. The van der Waals surface area contributed by atoms with Gasteiger partial charge in [0, 0.05) is 57.5 Å². The Kier molecular flexibility index (Phi) is 9.24. The minimum atomic E-state index is 0.740. The summed E-state index contributed by atoms with van der Waals surface area (Å²) in [5.74, 6) is 1.48. The largest absolute Gasteiger partial charge is 0.457 e. The molecule has 0 fully saturated rings. The van der Waals surface area contributed by atoms with E-state index in [1.807, 2.05) is 12.4 Å². The number of pyridine rings is 2. The third-order valence-electron chi connectivity index (χ3n) is 14.4. The van der Waals surface area contributed by atoms with E-state index in [-0.39, 0.29) is 0 Å². The van der Waals surface area contributed by atoms with Crippen molar-refractivity contribution in [3.8, 4) is 56.0 Å². The van der Waals surface area contributed by atoms with Crippen LogP contribution in [0.5, 0.6) is 11.5 Å². The molecule has 324 valence electrons. The first kappa shape index (κ1) is 40.5. The lowest BCUT2D eigenvalue weighted by Gasteiger charge is -2.22. The molecule has 0 bridgehead atoms. The number of aryl methyl sites for hydroxylation is 8. The highest BCUT2D eigenvalue weighted by Gasteiger charge is 2.25. The van der Waals surface area contributed by atoms with Gasteiger partial charge in [-0.3, -0.25) is 8.80 Å². The molecule has 0 aliphatic rings. The molecule has 0 aliphatic carbocycles. The van der Waals surface area contributed by atoms with Crippen LogP contribution in [0.3, 0.4) is 0 Å². The van der Waals surface area contributed by atoms with E-state index in [0.717, 1.165) is 55.4 Å². The fourth-order valence-corrected chi connectivity index (χ4v) is 11.5. The molecular formula is C62H50N4O. The van der Waals surface area contributed by atoms with E-state index in [1.165, 1.54) is 99.8 Å². The molecule has 12 aromatic rings. The summed E-state index contributed by atoms with van der Waals surface area (Å²) >= 11 is 0. The molecule has 8 aromatic carbocycles. The lowest BCUT2D eigenvalue weighted by atomic mass is 9.83. The SMILES string of the molecule is Cc1cccc(C)c1-c1ccc2c(c1-c1c(C)cccc1C)c1ccc(Oc3ccc4c(c3)c3nccn3c3ccc(-c5c(C)cccc5C)c(-c5c(C)cccc5C)c43)cc1c1nccn21. The molecule has 0 amide bonds. The molecule has 0 unspecified atom stereocenters. The smallest absolute Gasteiger partial charge is 0.145 e. The van der Waals surface area contributed by atoms with E-state index >= 15 is 0 Å². The number of benzene rings is 8. The lowest BCUT2D eigenvalue weighted by molar-refractivity contribution is 0.484. The van der Waals surface area contributed by atoms with Crippen LogP contribution in [-0.4, -0.2) is 18.8 Å². The molecule has 0 N–H and O–H groups in total. The van der Waals surface area contributed by atoms with Gasteiger partial charge in [-0.25, -0.2) is 9.97 Å². The standard InChI is InChI=1S/C62H50N4O/c1-35-13-9-14-36(2)53(35)47-25-27-51-57(59(47)55-39(5)17-11-18-40(55)6)45-23-21-43(33-49(45)61-63-29-31-65(51)61)67-44-22-24-46-50(34-44)62-64-30-32-66(62)52-28-26-48(54-37(3)15-10-16-38(54)4)60(58(46)52)56-41(7)19-12-20-42(56)8/h9-34H,1-8H3. The summed E-state index contributed by atoms with van der Waals surface area (Å²) in [5.41, 5.74) is 24.1. The highest BCUT2D eigenvalue weighted by Crippen LogP contribution is 2.49. The van der Waals surface area contributed by atoms with Gasteiger partial charge in [-0.05, 0) is 193 Å². The molecule has 67 heavy (non-hydrogen) atoms. The van der Waals surface area contributed by atoms with Gasteiger partial charge in [0.1, 0.15) is 22.8 Å². The van der Waals surface area contributed by atoms with Crippen molar-refractivity contribution in [3.05, 3.63) is 203 Å². The van der Waals surface area contributed by atoms with Crippen LogP contribution < -0.4 is 4.74 Å². The van der Waals surface area contributed by atoms with Crippen molar-refractivity contribution < 1.29 is 4.74 Å². The van der Waals surface area contributed by atoms with Crippen molar-refractivity contribution in [3.63, 3.8) is 0 Å². The van der Waals surface area contributed by atoms with Crippen molar-refractivity contribution in [1.29, 1.82) is 0 Å². The zero-order valence-corrected chi connectivity index (χ0v) is 39.2. The third kappa shape index (κ3) is 6.14. The van der Waals surface area contributed by atoms with Gasteiger partial charge in [-0.2, -0.15) is 0 Å². The van der Waals surface area contributed by atoms with Crippen molar-refractivity contribution in [1.82, 2.24) is 18.8 Å². The zero-order chi connectivity index (χ0) is 45.8. The van der Waals surface area contributed by atoms with Gasteiger partial charge in [0.2, 0.25) is 0 Å². The van der Waals surface area contributed by atoms with Crippen molar-refractivity contribution >= 4 is 54.6 Å². The van der Waals surface area contributed by atoms with Gasteiger partial charge in [0.15, 0.2) is 0 Å². The van der Waals surface area contributed by atoms with E-state index < -0.39 is 0 Å². The van der Waals surface area contributed by atoms with Crippen LogP contribution in [0, 0.1) is 55.4 Å². The molecule has 0 atom stereocenters. The second-order valence-corrected chi connectivity index (χ2v) is 18.6. The molecule has 0 radical (unpaired) electrons. The number of fused-ring (bicyclic) bond motifs is 12. The van der Waals surface area contributed by atoms with E-state index in [0.29, 0.717) is 0 Å². The van der Waals surface area contributed by atoms with Gasteiger partial charge in [-0.1, -0.05) is 84.9 Å². The Morgan fingerprint density at radius 1 is 0.343 bits per heavy atom. The van der Waals surface area contributed by atoms with E-state index in [2.05, 4.69) is 210 Å². The maximum absolute atomic E-state index is 6.95.